The maximum atomic E-state index is 13.3. The van der Waals surface area contributed by atoms with Crippen molar-refractivity contribution in [2.24, 2.45) is 5.92 Å². The van der Waals surface area contributed by atoms with E-state index in [1.165, 1.54) is 9.80 Å². The average Bonchev–Trinajstić information content (AvgIpc) is 3.44. The first-order valence-electron chi connectivity index (χ1n) is 12.9. The molecule has 0 N–H and O–H groups in total. The zero-order chi connectivity index (χ0) is 26.8. The minimum atomic E-state index is -0.637. The highest BCUT2D eigenvalue weighted by molar-refractivity contribution is 6.21. The third-order valence-electron chi connectivity index (χ3n) is 7.36. The van der Waals surface area contributed by atoms with Crippen LogP contribution in [0.15, 0.2) is 78.9 Å². The van der Waals surface area contributed by atoms with Gasteiger partial charge in [0.25, 0.3) is 11.8 Å². The van der Waals surface area contributed by atoms with Crippen LogP contribution in [0.3, 0.4) is 0 Å². The van der Waals surface area contributed by atoms with E-state index in [0.717, 1.165) is 16.7 Å². The summed E-state index contributed by atoms with van der Waals surface area (Å²) in [6, 6.07) is 23.9. The molecule has 2 heterocycles. The van der Waals surface area contributed by atoms with Gasteiger partial charge >= 0.3 is 6.09 Å². The van der Waals surface area contributed by atoms with E-state index in [2.05, 4.69) is 0 Å². The molecule has 0 unspecified atom stereocenters. The molecular formula is C31H30N2O5. The Morgan fingerprint density at radius 1 is 0.842 bits per heavy atom. The third kappa shape index (κ3) is 4.84. The summed E-state index contributed by atoms with van der Waals surface area (Å²) in [5.74, 6) is -1.01. The minimum Gasteiger partial charge on any atom is -0.447 e. The molecule has 2 aliphatic rings. The number of carbonyl (C=O) groups excluding carboxylic acids is 4. The van der Waals surface area contributed by atoms with E-state index in [1.807, 2.05) is 68.4 Å². The van der Waals surface area contributed by atoms with Gasteiger partial charge in [-0.2, -0.15) is 0 Å². The number of imide groups is 2. The van der Waals surface area contributed by atoms with Crippen molar-refractivity contribution in [1.29, 1.82) is 0 Å². The van der Waals surface area contributed by atoms with E-state index in [4.69, 9.17) is 4.74 Å². The first-order valence-corrected chi connectivity index (χ1v) is 12.9. The maximum Gasteiger partial charge on any atom is 0.416 e. The lowest BCUT2D eigenvalue weighted by molar-refractivity contribution is -0.130. The van der Waals surface area contributed by atoms with Crippen LogP contribution in [-0.4, -0.2) is 52.3 Å². The number of nitrogens with zero attached hydrogens (tertiary/aromatic N) is 2. The Labute approximate surface area is 222 Å². The molecule has 194 valence electrons. The lowest BCUT2D eigenvalue weighted by Gasteiger charge is -2.28. The van der Waals surface area contributed by atoms with Crippen LogP contribution in [0.2, 0.25) is 0 Å². The standard InChI is InChI=1S/C31H30N2O5/c1-20(2)27-19-38-31(37)33(27)28(34)17-16-24(32-29(35)25-10-6-7-11-26(25)30(32)36)18-21-12-14-23(15-13-21)22-8-4-3-5-9-22/h3-15,20,24,27H,16-19H2,1-2H3/t24-,27-/m0/s1. The molecule has 2 atom stereocenters. The predicted molar refractivity (Wildman–Crippen MR) is 142 cm³/mol. The maximum absolute atomic E-state index is 13.3. The van der Waals surface area contributed by atoms with Gasteiger partial charge in [0.05, 0.1) is 17.2 Å². The minimum absolute atomic E-state index is 0.0124. The molecule has 1 fully saturated rings. The number of cyclic esters (lactones) is 1. The first kappa shape index (κ1) is 25.4. The van der Waals surface area contributed by atoms with Gasteiger partial charge in [0.15, 0.2) is 0 Å². The van der Waals surface area contributed by atoms with E-state index in [9.17, 15) is 19.2 Å². The molecule has 3 aromatic carbocycles. The van der Waals surface area contributed by atoms with E-state index in [-0.39, 0.29) is 49.1 Å². The van der Waals surface area contributed by atoms with Crippen molar-refractivity contribution >= 4 is 23.8 Å². The number of benzene rings is 3. The number of hydrogen-bond donors (Lipinski definition) is 0. The fraction of sp³-hybridized carbons (Fsp3) is 0.290. The monoisotopic (exact) mass is 510 g/mol. The van der Waals surface area contributed by atoms with Gasteiger partial charge in [-0.25, -0.2) is 9.69 Å². The fourth-order valence-corrected chi connectivity index (χ4v) is 5.22. The number of rotatable bonds is 8. The van der Waals surface area contributed by atoms with E-state index in [0.29, 0.717) is 17.5 Å². The number of ether oxygens (including phenoxy) is 1. The second-order valence-electron chi connectivity index (χ2n) is 10.1. The molecule has 2 aliphatic heterocycles. The Bertz CT molecular complexity index is 1330. The zero-order valence-corrected chi connectivity index (χ0v) is 21.5. The van der Waals surface area contributed by atoms with Crippen LogP contribution in [0.25, 0.3) is 11.1 Å². The largest absolute Gasteiger partial charge is 0.447 e. The van der Waals surface area contributed by atoms with Gasteiger partial charge in [-0.1, -0.05) is 80.6 Å². The summed E-state index contributed by atoms with van der Waals surface area (Å²) >= 11 is 0. The molecule has 38 heavy (non-hydrogen) atoms. The molecule has 0 saturated carbocycles. The van der Waals surface area contributed by atoms with Crippen molar-refractivity contribution in [3.8, 4) is 11.1 Å². The van der Waals surface area contributed by atoms with Crippen molar-refractivity contribution in [3.05, 3.63) is 95.6 Å². The number of carbonyl (C=O) groups is 4. The molecule has 4 amide bonds. The molecular weight excluding hydrogens is 480 g/mol. The quantitative estimate of drug-likeness (QED) is 0.382. The van der Waals surface area contributed by atoms with Crippen molar-refractivity contribution in [2.45, 2.75) is 45.2 Å². The van der Waals surface area contributed by atoms with Crippen molar-refractivity contribution in [1.82, 2.24) is 9.80 Å². The van der Waals surface area contributed by atoms with Gasteiger partial charge < -0.3 is 4.74 Å². The summed E-state index contributed by atoms with van der Waals surface area (Å²) in [6.07, 6.45) is 0.00597. The normalized spacial score (nSPS) is 17.7. The van der Waals surface area contributed by atoms with E-state index in [1.54, 1.807) is 24.3 Å². The van der Waals surface area contributed by atoms with E-state index >= 15 is 0 Å². The Balaban J connectivity index is 1.38. The molecule has 0 aliphatic carbocycles. The predicted octanol–water partition coefficient (Wildman–Crippen LogP) is 5.34. The van der Waals surface area contributed by atoms with Crippen molar-refractivity contribution in [3.63, 3.8) is 0 Å². The Morgan fingerprint density at radius 2 is 1.42 bits per heavy atom. The highest BCUT2D eigenvalue weighted by Gasteiger charge is 2.42. The zero-order valence-electron chi connectivity index (χ0n) is 21.5. The van der Waals surface area contributed by atoms with Crippen LogP contribution >= 0.6 is 0 Å². The highest BCUT2D eigenvalue weighted by Crippen LogP contribution is 2.29. The summed E-state index contributed by atoms with van der Waals surface area (Å²) in [5.41, 5.74) is 3.85. The molecule has 0 aromatic heterocycles. The summed E-state index contributed by atoms with van der Waals surface area (Å²) in [5, 5.41) is 0. The number of fused-ring (bicyclic) bond motifs is 1. The lowest BCUT2D eigenvalue weighted by atomic mass is 9.97. The second kappa shape index (κ2) is 10.6. The van der Waals surface area contributed by atoms with Crippen LogP contribution in [0, 0.1) is 5.92 Å². The lowest BCUT2D eigenvalue weighted by Crippen LogP contribution is -2.44. The van der Waals surface area contributed by atoms with Gasteiger partial charge in [-0.15, -0.1) is 0 Å². The van der Waals surface area contributed by atoms with Crippen LogP contribution < -0.4 is 0 Å². The van der Waals surface area contributed by atoms with E-state index < -0.39 is 12.1 Å². The topological polar surface area (TPSA) is 84.0 Å². The third-order valence-corrected chi connectivity index (χ3v) is 7.36. The Kier molecular flexibility index (Phi) is 7.09. The van der Waals surface area contributed by atoms with Crippen molar-refractivity contribution in [2.75, 3.05) is 6.61 Å². The summed E-state index contributed by atoms with van der Waals surface area (Å²) in [4.78, 5) is 54.5. The number of hydrogen-bond acceptors (Lipinski definition) is 5. The van der Waals surface area contributed by atoms with Crippen molar-refractivity contribution < 1.29 is 23.9 Å². The van der Waals surface area contributed by atoms with Gasteiger partial charge in [0, 0.05) is 12.5 Å². The summed E-state index contributed by atoms with van der Waals surface area (Å²) < 4.78 is 5.13. The molecule has 5 rings (SSSR count). The van der Waals surface area contributed by atoms with Crippen LogP contribution in [0.1, 0.15) is 53.0 Å². The Hall–Kier alpha value is -4.26. The Morgan fingerprint density at radius 3 is 2.03 bits per heavy atom. The molecule has 0 spiro atoms. The van der Waals surface area contributed by atoms with Gasteiger partial charge in [0.2, 0.25) is 5.91 Å². The first-order chi connectivity index (χ1) is 18.3. The molecule has 7 nitrogen and oxygen atoms in total. The number of amides is 4. The van der Waals surface area contributed by atoms with Gasteiger partial charge in [-0.3, -0.25) is 19.3 Å². The van der Waals surface area contributed by atoms with Crippen LogP contribution in [0.5, 0.6) is 0 Å². The smallest absolute Gasteiger partial charge is 0.416 e. The molecule has 1 saturated heterocycles. The second-order valence-corrected chi connectivity index (χ2v) is 10.1. The molecule has 3 aromatic rings. The fourth-order valence-electron chi connectivity index (χ4n) is 5.22. The molecule has 7 heteroatoms. The van der Waals surface area contributed by atoms with Crippen LogP contribution in [0.4, 0.5) is 4.79 Å². The van der Waals surface area contributed by atoms with Crippen LogP contribution in [-0.2, 0) is 16.0 Å². The average molecular weight is 511 g/mol. The summed E-state index contributed by atoms with van der Waals surface area (Å²) in [6.45, 7) is 4.05. The molecule has 0 bridgehead atoms. The summed E-state index contributed by atoms with van der Waals surface area (Å²) in [7, 11) is 0. The van der Waals surface area contributed by atoms with Gasteiger partial charge in [0.1, 0.15) is 6.61 Å². The SMILES string of the molecule is CC(C)[C@@H]1COC(=O)N1C(=O)CC[C@@H](Cc1ccc(-c2ccccc2)cc1)N1C(=O)c2ccccc2C1=O. The highest BCUT2D eigenvalue weighted by atomic mass is 16.6. The van der Waals surface area contributed by atoms with Gasteiger partial charge in [-0.05, 0) is 47.6 Å². The molecule has 0 radical (unpaired) electrons.